The number of nitrogens with one attached hydrogen (secondary N) is 1. The maximum atomic E-state index is 11.9. The highest BCUT2D eigenvalue weighted by Crippen LogP contribution is 2.21. The van der Waals surface area contributed by atoms with Gasteiger partial charge in [-0.3, -0.25) is 4.79 Å². The molecule has 0 bridgehead atoms. The molecule has 0 unspecified atom stereocenters. The minimum atomic E-state index is -0.673. The fraction of sp³-hybridized carbons (Fsp3) is 0.0667. The molecule has 22 heavy (non-hydrogen) atoms. The fourth-order valence-corrected chi connectivity index (χ4v) is 2.21. The van der Waals surface area contributed by atoms with Crippen molar-refractivity contribution in [1.29, 1.82) is 0 Å². The summed E-state index contributed by atoms with van der Waals surface area (Å²) >= 11 is 9.16. The van der Waals surface area contributed by atoms with E-state index in [0.717, 1.165) is 0 Å². The fourth-order valence-electron chi connectivity index (χ4n) is 1.66. The Balaban J connectivity index is 1.95. The van der Waals surface area contributed by atoms with Crippen LogP contribution in [0, 0.1) is 0 Å². The first-order chi connectivity index (χ1) is 10.5. The van der Waals surface area contributed by atoms with E-state index >= 15 is 0 Å². The Morgan fingerprint density at radius 1 is 1.23 bits per heavy atom. The standard InChI is InChI=1S/C15H12BrClN2O3/c16-9-5-6-12(18)10(7-9)15(21)22-8-14(20)19-13-4-2-1-3-11(13)17/h1-7H,8,18H2,(H,19,20). The molecular formula is C15H12BrClN2O3. The molecule has 0 aliphatic rings. The van der Waals surface area contributed by atoms with E-state index in [2.05, 4.69) is 21.2 Å². The van der Waals surface area contributed by atoms with Crippen LogP contribution in [0.3, 0.4) is 0 Å². The van der Waals surface area contributed by atoms with E-state index in [1.807, 2.05) is 0 Å². The number of hydrogen-bond donors (Lipinski definition) is 2. The lowest BCUT2D eigenvalue weighted by Gasteiger charge is -2.09. The third-order valence-corrected chi connectivity index (χ3v) is 3.54. The average molecular weight is 384 g/mol. The summed E-state index contributed by atoms with van der Waals surface area (Å²) in [6.07, 6.45) is 0. The number of anilines is 2. The molecule has 0 heterocycles. The molecule has 0 saturated heterocycles. The van der Waals surface area contributed by atoms with Gasteiger partial charge in [0.1, 0.15) is 0 Å². The van der Waals surface area contributed by atoms with Gasteiger partial charge in [0, 0.05) is 10.2 Å². The second-order valence-corrected chi connectivity index (χ2v) is 5.66. The number of nitrogens with two attached hydrogens (primary N) is 1. The van der Waals surface area contributed by atoms with Crippen LogP contribution in [0.25, 0.3) is 0 Å². The highest BCUT2D eigenvalue weighted by molar-refractivity contribution is 9.10. The van der Waals surface area contributed by atoms with Gasteiger partial charge in [0.05, 0.1) is 16.3 Å². The molecule has 114 valence electrons. The largest absolute Gasteiger partial charge is 0.452 e. The van der Waals surface area contributed by atoms with E-state index < -0.39 is 18.5 Å². The predicted octanol–water partition coefficient (Wildman–Crippen LogP) is 3.48. The van der Waals surface area contributed by atoms with E-state index in [4.69, 9.17) is 22.1 Å². The molecule has 0 aliphatic heterocycles. The Morgan fingerprint density at radius 3 is 2.68 bits per heavy atom. The minimum absolute atomic E-state index is 0.194. The summed E-state index contributed by atoms with van der Waals surface area (Å²) in [5, 5.41) is 2.96. The zero-order valence-electron chi connectivity index (χ0n) is 11.3. The van der Waals surface area contributed by atoms with Crippen LogP contribution in [0.15, 0.2) is 46.9 Å². The van der Waals surface area contributed by atoms with E-state index in [-0.39, 0.29) is 11.3 Å². The van der Waals surface area contributed by atoms with Gasteiger partial charge in [-0.1, -0.05) is 39.7 Å². The maximum Gasteiger partial charge on any atom is 0.340 e. The van der Waals surface area contributed by atoms with Crippen molar-refractivity contribution in [2.45, 2.75) is 0 Å². The molecule has 2 rings (SSSR count). The van der Waals surface area contributed by atoms with E-state index in [1.165, 1.54) is 6.07 Å². The Labute approximate surface area is 140 Å². The summed E-state index contributed by atoms with van der Waals surface area (Å²) in [5.74, 6) is -1.16. The van der Waals surface area contributed by atoms with Gasteiger partial charge in [0.25, 0.3) is 5.91 Å². The number of benzene rings is 2. The van der Waals surface area contributed by atoms with Crippen molar-refractivity contribution in [3.05, 3.63) is 57.5 Å². The number of hydrogen-bond acceptors (Lipinski definition) is 4. The SMILES string of the molecule is Nc1ccc(Br)cc1C(=O)OCC(=O)Nc1ccccc1Cl. The van der Waals surface area contributed by atoms with Crippen molar-refractivity contribution in [2.75, 3.05) is 17.7 Å². The first kappa shape index (κ1) is 16.3. The predicted molar refractivity (Wildman–Crippen MR) is 88.9 cm³/mol. The lowest BCUT2D eigenvalue weighted by molar-refractivity contribution is -0.119. The smallest absolute Gasteiger partial charge is 0.340 e. The Bertz CT molecular complexity index is 722. The van der Waals surface area contributed by atoms with Gasteiger partial charge in [-0.2, -0.15) is 0 Å². The van der Waals surface area contributed by atoms with Gasteiger partial charge >= 0.3 is 5.97 Å². The molecular weight excluding hydrogens is 372 g/mol. The molecule has 0 fully saturated rings. The van der Waals surface area contributed by atoms with Crippen LogP contribution in [0.4, 0.5) is 11.4 Å². The van der Waals surface area contributed by atoms with Gasteiger partial charge in [0.15, 0.2) is 6.61 Å². The third kappa shape index (κ3) is 4.22. The maximum absolute atomic E-state index is 11.9. The molecule has 2 aromatic rings. The van der Waals surface area contributed by atoms with Crippen LogP contribution in [-0.4, -0.2) is 18.5 Å². The molecule has 3 N–H and O–H groups in total. The number of esters is 1. The second-order valence-electron chi connectivity index (χ2n) is 4.34. The monoisotopic (exact) mass is 382 g/mol. The van der Waals surface area contributed by atoms with Crippen LogP contribution in [-0.2, 0) is 9.53 Å². The topological polar surface area (TPSA) is 81.4 Å². The van der Waals surface area contributed by atoms with Crippen LogP contribution in [0.1, 0.15) is 10.4 Å². The Kier molecular flexibility index (Phi) is 5.41. The van der Waals surface area contributed by atoms with Crippen molar-refractivity contribution in [1.82, 2.24) is 0 Å². The zero-order chi connectivity index (χ0) is 16.1. The summed E-state index contributed by atoms with van der Waals surface area (Å²) in [5.41, 5.74) is 6.62. The van der Waals surface area contributed by atoms with Gasteiger partial charge in [-0.05, 0) is 30.3 Å². The first-order valence-electron chi connectivity index (χ1n) is 6.24. The zero-order valence-corrected chi connectivity index (χ0v) is 13.6. The number of halogens is 2. The molecule has 0 radical (unpaired) electrons. The average Bonchev–Trinajstić information content (AvgIpc) is 2.49. The first-order valence-corrected chi connectivity index (χ1v) is 7.41. The molecule has 5 nitrogen and oxygen atoms in total. The number of rotatable bonds is 4. The van der Waals surface area contributed by atoms with Gasteiger partial charge in [-0.15, -0.1) is 0 Å². The van der Waals surface area contributed by atoms with Crippen molar-refractivity contribution >= 4 is 50.8 Å². The number of para-hydroxylation sites is 1. The molecule has 0 spiro atoms. The summed E-state index contributed by atoms with van der Waals surface area (Å²) in [4.78, 5) is 23.7. The summed E-state index contributed by atoms with van der Waals surface area (Å²) in [6.45, 7) is -0.435. The third-order valence-electron chi connectivity index (χ3n) is 2.72. The van der Waals surface area contributed by atoms with Crippen molar-refractivity contribution in [2.24, 2.45) is 0 Å². The second kappa shape index (κ2) is 7.29. The van der Waals surface area contributed by atoms with Crippen molar-refractivity contribution < 1.29 is 14.3 Å². The number of nitrogen functional groups attached to an aromatic ring is 1. The summed E-state index contributed by atoms with van der Waals surface area (Å²) in [7, 11) is 0. The Morgan fingerprint density at radius 2 is 1.95 bits per heavy atom. The normalized spacial score (nSPS) is 10.1. The molecule has 1 amide bonds. The molecule has 0 aromatic heterocycles. The van der Waals surface area contributed by atoms with Gasteiger partial charge in [-0.25, -0.2) is 4.79 Å². The minimum Gasteiger partial charge on any atom is -0.452 e. The number of ether oxygens (including phenoxy) is 1. The van der Waals surface area contributed by atoms with Gasteiger partial charge < -0.3 is 15.8 Å². The number of carbonyl (C=O) groups excluding carboxylic acids is 2. The summed E-state index contributed by atoms with van der Waals surface area (Å²) in [6, 6.07) is 11.6. The van der Waals surface area contributed by atoms with Crippen LogP contribution >= 0.6 is 27.5 Å². The number of amides is 1. The molecule has 2 aromatic carbocycles. The molecule has 0 atom stereocenters. The van der Waals surface area contributed by atoms with Crippen molar-refractivity contribution in [3.8, 4) is 0 Å². The highest BCUT2D eigenvalue weighted by Gasteiger charge is 2.14. The molecule has 0 saturated carbocycles. The van der Waals surface area contributed by atoms with E-state index in [1.54, 1.807) is 36.4 Å². The van der Waals surface area contributed by atoms with Crippen LogP contribution in [0.5, 0.6) is 0 Å². The van der Waals surface area contributed by atoms with E-state index in [9.17, 15) is 9.59 Å². The van der Waals surface area contributed by atoms with Crippen molar-refractivity contribution in [3.63, 3.8) is 0 Å². The molecule has 0 aliphatic carbocycles. The number of carbonyl (C=O) groups is 2. The van der Waals surface area contributed by atoms with Crippen LogP contribution in [0.2, 0.25) is 5.02 Å². The lowest BCUT2D eigenvalue weighted by atomic mass is 10.2. The van der Waals surface area contributed by atoms with E-state index in [0.29, 0.717) is 15.2 Å². The summed E-state index contributed by atoms with van der Waals surface area (Å²) < 4.78 is 5.63. The van der Waals surface area contributed by atoms with Crippen LogP contribution < -0.4 is 11.1 Å². The quantitative estimate of drug-likeness (QED) is 0.625. The lowest BCUT2D eigenvalue weighted by Crippen LogP contribution is -2.21. The molecule has 7 heteroatoms. The highest BCUT2D eigenvalue weighted by atomic mass is 79.9. The van der Waals surface area contributed by atoms with Gasteiger partial charge in [0.2, 0.25) is 0 Å². The Hall–Kier alpha value is -2.05.